The van der Waals surface area contributed by atoms with Crippen molar-refractivity contribution in [3.63, 3.8) is 0 Å². The van der Waals surface area contributed by atoms with Crippen LogP contribution in [0.25, 0.3) is 10.2 Å². The number of nitrogens with one attached hydrogen (secondary N) is 2. The lowest BCUT2D eigenvalue weighted by molar-refractivity contribution is 0.0966. The molecule has 1 aliphatic heterocycles. The predicted molar refractivity (Wildman–Crippen MR) is 107 cm³/mol. The first-order valence-electron chi connectivity index (χ1n) is 8.95. The molecule has 1 aliphatic rings. The normalized spacial score (nSPS) is 18.0. The number of fused-ring (bicyclic) bond motifs is 1. The van der Waals surface area contributed by atoms with Gasteiger partial charge in [0.25, 0.3) is 5.91 Å². The van der Waals surface area contributed by atoms with Crippen molar-refractivity contribution in [2.45, 2.75) is 31.1 Å². The third-order valence-corrected chi connectivity index (χ3v) is 8.41. The second-order valence-electron chi connectivity index (χ2n) is 6.89. The van der Waals surface area contributed by atoms with E-state index in [1.54, 1.807) is 27.1 Å². The number of aromatic nitrogens is 3. The Kier molecular flexibility index (Phi) is 4.72. The van der Waals surface area contributed by atoms with Crippen LogP contribution in [0.1, 0.15) is 39.0 Å². The minimum atomic E-state index is -3.65. The molecule has 0 bridgehead atoms. The maximum atomic E-state index is 13.2. The first-order valence-corrected chi connectivity index (χ1v) is 11.2. The van der Waals surface area contributed by atoms with E-state index in [-0.39, 0.29) is 16.7 Å². The Morgan fingerprint density at radius 1 is 1.39 bits per heavy atom. The molecule has 0 radical (unpaired) electrons. The second-order valence-corrected chi connectivity index (χ2v) is 9.77. The second kappa shape index (κ2) is 6.94. The predicted octanol–water partition coefficient (Wildman–Crippen LogP) is 2.17. The fraction of sp³-hybridized carbons (Fsp3) is 0.389. The summed E-state index contributed by atoms with van der Waals surface area (Å²) in [5, 5.41) is 10.4. The molecule has 28 heavy (non-hydrogen) atoms. The van der Waals surface area contributed by atoms with Crippen molar-refractivity contribution in [2.75, 3.05) is 20.1 Å². The first-order chi connectivity index (χ1) is 13.3. The quantitative estimate of drug-likeness (QED) is 0.674. The van der Waals surface area contributed by atoms with Crippen molar-refractivity contribution < 1.29 is 13.2 Å². The van der Waals surface area contributed by atoms with E-state index < -0.39 is 10.0 Å². The number of pyridine rings is 1. The summed E-state index contributed by atoms with van der Waals surface area (Å²) in [5.74, 6) is -0.228. The van der Waals surface area contributed by atoms with Crippen LogP contribution in [0, 0.1) is 13.8 Å². The summed E-state index contributed by atoms with van der Waals surface area (Å²) in [4.78, 5) is 18.5. The number of thiophene rings is 1. The molecule has 1 atom stereocenters. The Labute approximate surface area is 167 Å². The molecule has 2 N–H and O–H groups in total. The van der Waals surface area contributed by atoms with Gasteiger partial charge >= 0.3 is 0 Å². The van der Waals surface area contributed by atoms with E-state index >= 15 is 0 Å². The van der Waals surface area contributed by atoms with E-state index in [1.807, 2.05) is 12.1 Å². The zero-order chi connectivity index (χ0) is 20.1. The van der Waals surface area contributed by atoms with Gasteiger partial charge in [-0.25, -0.2) is 13.4 Å². The number of carbonyl (C=O) groups is 1. The maximum Gasteiger partial charge on any atom is 0.261 e. The van der Waals surface area contributed by atoms with Gasteiger partial charge in [0.2, 0.25) is 10.0 Å². The molecule has 1 saturated heterocycles. The summed E-state index contributed by atoms with van der Waals surface area (Å²) in [6, 6.07) is 3.79. The number of nitrogens with zero attached hydrogens (tertiary/aromatic N) is 3. The van der Waals surface area contributed by atoms with Crippen LogP contribution in [0.5, 0.6) is 0 Å². The van der Waals surface area contributed by atoms with Crippen molar-refractivity contribution in [3.8, 4) is 0 Å². The zero-order valence-electron chi connectivity index (χ0n) is 15.8. The molecule has 0 aliphatic carbocycles. The van der Waals surface area contributed by atoms with Crippen molar-refractivity contribution in [1.82, 2.24) is 24.8 Å². The number of hydrogen-bond donors (Lipinski definition) is 2. The molecule has 3 aromatic rings. The Hall–Kier alpha value is -2.30. The molecular formula is C18H21N5O3S2. The van der Waals surface area contributed by atoms with Crippen LogP contribution in [-0.2, 0) is 10.0 Å². The highest BCUT2D eigenvalue weighted by molar-refractivity contribution is 7.89. The standard InChI is InChI=1S/C18H21N5O3S2/c1-10-16(11(2)22-21-10)28(25,26)23-8-6-12(9-23)14-13-5-4-7-20-18(13)27-15(14)17(24)19-3/h4-5,7,12H,6,8-9H2,1-3H3,(H,19,24)(H,21,22)/t12-/m0/s1. The molecule has 0 aromatic carbocycles. The van der Waals surface area contributed by atoms with Crippen LogP contribution >= 0.6 is 11.3 Å². The number of H-pyrrole nitrogens is 1. The van der Waals surface area contributed by atoms with Crippen molar-refractivity contribution in [1.29, 1.82) is 0 Å². The van der Waals surface area contributed by atoms with Crippen LogP contribution in [0.3, 0.4) is 0 Å². The van der Waals surface area contributed by atoms with Gasteiger partial charge in [-0.3, -0.25) is 9.89 Å². The van der Waals surface area contributed by atoms with Crippen molar-refractivity contribution in [3.05, 3.63) is 40.2 Å². The maximum absolute atomic E-state index is 13.2. The third-order valence-electron chi connectivity index (χ3n) is 5.16. The third kappa shape index (κ3) is 2.92. The number of sulfonamides is 1. The Balaban J connectivity index is 1.73. The Morgan fingerprint density at radius 2 is 2.18 bits per heavy atom. The van der Waals surface area contributed by atoms with Crippen LogP contribution in [-0.4, -0.2) is 53.9 Å². The molecule has 0 unspecified atom stereocenters. The summed E-state index contributed by atoms with van der Waals surface area (Å²) in [6.07, 6.45) is 2.35. The van der Waals surface area contributed by atoms with Gasteiger partial charge in [0.15, 0.2) is 0 Å². The van der Waals surface area contributed by atoms with Gasteiger partial charge in [-0.2, -0.15) is 9.40 Å². The fourth-order valence-electron chi connectivity index (χ4n) is 3.87. The van der Waals surface area contributed by atoms with Crippen molar-refractivity contribution >= 4 is 37.5 Å². The van der Waals surface area contributed by atoms with E-state index in [4.69, 9.17) is 0 Å². The molecule has 3 aromatic heterocycles. The van der Waals surface area contributed by atoms with Gasteiger partial charge in [-0.1, -0.05) is 6.07 Å². The average Bonchev–Trinajstić information content (AvgIpc) is 3.37. The molecular weight excluding hydrogens is 398 g/mol. The number of amides is 1. The smallest absolute Gasteiger partial charge is 0.261 e. The van der Waals surface area contributed by atoms with Crippen LogP contribution < -0.4 is 5.32 Å². The number of hydrogen-bond acceptors (Lipinski definition) is 6. The summed E-state index contributed by atoms with van der Waals surface area (Å²) in [5.41, 5.74) is 1.90. The lowest BCUT2D eigenvalue weighted by Crippen LogP contribution is -2.29. The highest BCUT2D eigenvalue weighted by atomic mass is 32.2. The largest absolute Gasteiger partial charge is 0.354 e. The fourth-order valence-corrected chi connectivity index (χ4v) is 6.88. The molecule has 0 spiro atoms. The number of carbonyl (C=O) groups excluding carboxylic acids is 1. The van der Waals surface area contributed by atoms with Crippen molar-refractivity contribution in [2.24, 2.45) is 0 Å². The van der Waals surface area contributed by atoms with Crippen LogP contribution in [0.2, 0.25) is 0 Å². The Morgan fingerprint density at radius 3 is 2.86 bits per heavy atom. The number of rotatable bonds is 4. The van der Waals surface area contributed by atoms with E-state index in [0.717, 1.165) is 15.8 Å². The monoisotopic (exact) mass is 419 g/mol. The highest BCUT2D eigenvalue weighted by Gasteiger charge is 2.38. The van der Waals surface area contributed by atoms with Gasteiger partial charge in [0.1, 0.15) is 9.73 Å². The van der Waals surface area contributed by atoms with Gasteiger partial charge in [-0.05, 0) is 31.9 Å². The van der Waals surface area contributed by atoms with E-state index in [1.165, 1.54) is 15.6 Å². The lowest BCUT2D eigenvalue weighted by Gasteiger charge is -2.17. The highest BCUT2D eigenvalue weighted by Crippen LogP contribution is 2.40. The van der Waals surface area contributed by atoms with Crippen LogP contribution in [0.15, 0.2) is 23.2 Å². The van der Waals surface area contributed by atoms with Gasteiger partial charge in [0, 0.05) is 37.6 Å². The molecule has 1 amide bonds. The van der Waals surface area contributed by atoms with Gasteiger partial charge < -0.3 is 5.32 Å². The number of aryl methyl sites for hydroxylation is 2. The molecule has 148 valence electrons. The summed E-state index contributed by atoms with van der Waals surface area (Å²) < 4.78 is 27.8. The molecule has 0 saturated carbocycles. The lowest BCUT2D eigenvalue weighted by atomic mass is 9.95. The van der Waals surface area contributed by atoms with E-state index in [2.05, 4.69) is 20.5 Å². The Bertz CT molecular complexity index is 1150. The number of aromatic amines is 1. The minimum Gasteiger partial charge on any atom is -0.354 e. The molecule has 4 rings (SSSR count). The van der Waals surface area contributed by atoms with E-state index in [0.29, 0.717) is 35.8 Å². The summed E-state index contributed by atoms with van der Waals surface area (Å²) >= 11 is 1.35. The van der Waals surface area contributed by atoms with Gasteiger partial charge in [-0.15, -0.1) is 11.3 Å². The molecule has 8 nitrogen and oxygen atoms in total. The zero-order valence-corrected chi connectivity index (χ0v) is 17.4. The topological polar surface area (TPSA) is 108 Å². The average molecular weight is 420 g/mol. The summed E-state index contributed by atoms with van der Waals surface area (Å²) in [7, 11) is -2.05. The van der Waals surface area contributed by atoms with E-state index in [9.17, 15) is 13.2 Å². The molecule has 4 heterocycles. The molecule has 1 fully saturated rings. The summed E-state index contributed by atoms with van der Waals surface area (Å²) in [6.45, 7) is 4.13. The SMILES string of the molecule is CNC(=O)c1sc2ncccc2c1[C@H]1CCN(S(=O)(=O)c2c(C)n[nH]c2C)C1. The minimum absolute atomic E-state index is 0.0625. The van der Waals surface area contributed by atoms with Crippen LogP contribution in [0.4, 0.5) is 0 Å². The first kappa shape index (κ1) is 19.0. The van der Waals surface area contributed by atoms with Gasteiger partial charge in [0.05, 0.1) is 16.3 Å². The molecule has 10 heteroatoms.